The van der Waals surface area contributed by atoms with Crippen LogP contribution in [0.2, 0.25) is 0 Å². The fourth-order valence-electron chi connectivity index (χ4n) is 2.09. The van der Waals surface area contributed by atoms with E-state index in [-0.39, 0.29) is 5.69 Å². The predicted octanol–water partition coefficient (Wildman–Crippen LogP) is 3.09. The zero-order valence-corrected chi connectivity index (χ0v) is 10.8. The van der Waals surface area contributed by atoms with Crippen LogP contribution in [0.5, 0.6) is 0 Å². The number of nitrogens with one attached hydrogen (secondary N) is 1. The molecular weight excluding hydrogens is 264 g/mol. The Morgan fingerprint density at radius 3 is 2.89 bits per heavy atom. The Labute approximate surface area is 112 Å². The van der Waals surface area contributed by atoms with E-state index in [1.54, 1.807) is 12.3 Å². The van der Waals surface area contributed by atoms with Gasteiger partial charge < -0.3 is 10.7 Å². The summed E-state index contributed by atoms with van der Waals surface area (Å²) in [6.07, 6.45) is 1.80. The number of rotatable bonds is 2. The van der Waals surface area contributed by atoms with Crippen LogP contribution in [-0.2, 0) is 0 Å². The number of anilines is 1. The van der Waals surface area contributed by atoms with Gasteiger partial charge in [0.2, 0.25) is 0 Å². The minimum Gasteiger partial charge on any atom is -0.375 e. The van der Waals surface area contributed by atoms with E-state index in [9.17, 15) is 10.1 Å². The van der Waals surface area contributed by atoms with Gasteiger partial charge in [0.05, 0.1) is 16.1 Å². The molecule has 0 fully saturated rings. The van der Waals surface area contributed by atoms with Crippen molar-refractivity contribution in [1.29, 1.82) is 0 Å². The molecule has 7 heteroatoms. The highest BCUT2D eigenvalue weighted by Gasteiger charge is 2.15. The molecule has 0 saturated heterocycles. The highest BCUT2D eigenvalue weighted by atomic mass is 32.1. The van der Waals surface area contributed by atoms with Crippen LogP contribution >= 0.6 is 11.3 Å². The summed E-state index contributed by atoms with van der Waals surface area (Å²) in [6, 6.07) is 4.74. The Balaban J connectivity index is 2.21. The second-order valence-corrected chi connectivity index (χ2v) is 5.38. The fourth-order valence-corrected chi connectivity index (χ4v) is 2.79. The van der Waals surface area contributed by atoms with Gasteiger partial charge >= 0.3 is 0 Å². The first-order valence-electron chi connectivity index (χ1n) is 5.55. The van der Waals surface area contributed by atoms with Gasteiger partial charge in [0.1, 0.15) is 0 Å². The number of aryl methyl sites for hydroxylation is 1. The third-order valence-corrected chi connectivity index (χ3v) is 3.74. The van der Waals surface area contributed by atoms with Crippen molar-refractivity contribution in [2.75, 3.05) is 5.73 Å². The van der Waals surface area contributed by atoms with Gasteiger partial charge in [-0.25, -0.2) is 4.98 Å². The molecule has 0 aliphatic rings. The first-order chi connectivity index (χ1) is 9.06. The molecule has 3 aromatic rings. The molecule has 0 radical (unpaired) electrons. The molecule has 1 aromatic carbocycles. The van der Waals surface area contributed by atoms with Gasteiger partial charge in [-0.3, -0.25) is 10.1 Å². The number of nitrogens with two attached hydrogens (primary N) is 1. The third kappa shape index (κ3) is 1.84. The number of hydrogen-bond acceptors (Lipinski definition) is 5. The Morgan fingerprint density at radius 2 is 2.26 bits per heavy atom. The Bertz CT molecular complexity index is 790. The molecule has 3 rings (SSSR count). The zero-order valence-electron chi connectivity index (χ0n) is 10.0. The van der Waals surface area contributed by atoms with Crippen molar-refractivity contribution >= 4 is 33.1 Å². The molecule has 0 bridgehead atoms. The summed E-state index contributed by atoms with van der Waals surface area (Å²) in [7, 11) is 0. The van der Waals surface area contributed by atoms with Gasteiger partial charge in [-0.05, 0) is 13.0 Å². The van der Waals surface area contributed by atoms with Crippen LogP contribution in [0.3, 0.4) is 0 Å². The van der Waals surface area contributed by atoms with Gasteiger partial charge in [0, 0.05) is 34.2 Å². The average molecular weight is 274 g/mol. The summed E-state index contributed by atoms with van der Waals surface area (Å²) >= 11 is 1.43. The lowest BCUT2D eigenvalue weighted by Gasteiger charge is -1.96. The molecule has 0 spiro atoms. The van der Waals surface area contributed by atoms with Crippen molar-refractivity contribution in [3.05, 3.63) is 39.4 Å². The molecular formula is C12H10N4O2S. The number of nitrogens with zero attached hydrogens (tertiary/aromatic N) is 2. The number of aromatic nitrogens is 2. The van der Waals surface area contributed by atoms with Crippen LogP contribution in [0.1, 0.15) is 4.88 Å². The van der Waals surface area contributed by atoms with Crippen molar-refractivity contribution in [3.63, 3.8) is 0 Å². The quantitative estimate of drug-likeness (QED) is 0.554. The Hall–Kier alpha value is -2.41. The fraction of sp³-hybridized carbons (Fsp3) is 0.0833. The van der Waals surface area contributed by atoms with Crippen molar-refractivity contribution in [3.8, 4) is 11.3 Å². The molecule has 2 heterocycles. The maximum Gasteiger partial charge on any atom is 0.271 e. The van der Waals surface area contributed by atoms with Crippen LogP contribution in [0.15, 0.2) is 24.4 Å². The summed E-state index contributed by atoms with van der Waals surface area (Å²) in [5.74, 6) is 0. The van der Waals surface area contributed by atoms with E-state index in [2.05, 4.69) is 9.97 Å². The van der Waals surface area contributed by atoms with Gasteiger partial charge in [0.25, 0.3) is 5.69 Å². The minimum atomic E-state index is -0.411. The lowest BCUT2D eigenvalue weighted by atomic mass is 10.1. The smallest absolute Gasteiger partial charge is 0.271 e. The molecule has 2 aromatic heterocycles. The Morgan fingerprint density at radius 1 is 1.47 bits per heavy atom. The van der Waals surface area contributed by atoms with Crippen molar-refractivity contribution in [2.45, 2.75) is 6.92 Å². The Kier molecular flexibility index (Phi) is 2.49. The van der Waals surface area contributed by atoms with Crippen LogP contribution in [0.25, 0.3) is 22.2 Å². The number of nitro benzene ring substituents is 1. The van der Waals surface area contributed by atoms with Crippen LogP contribution in [-0.4, -0.2) is 14.9 Å². The number of non-ortho nitro benzene ring substituents is 1. The van der Waals surface area contributed by atoms with Gasteiger partial charge in [0.15, 0.2) is 5.13 Å². The molecule has 0 aliphatic carbocycles. The summed E-state index contributed by atoms with van der Waals surface area (Å²) in [6.45, 7) is 1.95. The van der Waals surface area contributed by atoms with Crippen LogP contribution < -0.4 is 5.73 Å². The minimum absolute atomic E-state index is 0.0652. The summed E-state index contributed by atoms with van der Waals surface area (Å²) < 4.78 is 0. The number of nitrogen functional groups attached to an aromatic ring is 1. The SMILES string of the molecule is Cc1sc(N)nc1-c1c[nH]c2cc([N+](=O)[O-])ccc12. The van der Waals surface area contributed by atoms with E-state index in [4.69, 9.17) is 5.73 Å². The first kappa shape index (κ1) is 11.7. The summed E-state index contributed by atoms with van der Waals surface area (Å²) in [5.41, 5.74) is 8.22. The highest BCUT2D eigenvalue weighted by Crippen LogP contribution is 2.34. The number of benzene rings is 1. The van der Waals surface area contributed by atoms with E-state index in [0.29, 0.717) is 5.13 Å². The van der Waals surface area contributed by atoms with E-state index in [1.807, 2.05) is 6.92 Å². The average Bonchev–Trinajstić information content (AvgIpc) is 2.91. The summed E-state index contributed by atoms with van der Waals surface area (Å²) in [4.78, 5) is 18.7. The highest BCUT2D eigenvalue weighted by molar-refractivity contribution is 7.15. The molecule has 0 unspecified atom stereocenters. The van der Waals surface area contributed by atoms with Crippen molar-refractivity contribution in [1.82, 2.24) is 9.97 Å². The number of fused-ring (bicyclic) bond motifs is 1. The second-order valence-electron chi connectivity index (χ2n) is 4.15. The lowest BCUT2D eigenvalue weighted by molar-refractivity contribution is -0.384. The molecule has 96 valence electrons. The van der Waals surface area contributed by atoms with Crippen molar-refractivity contribution < 1.29 is 4.92 Å². The molecule has 6 nitrogen and oxygen atoms in total. The van der Waals surface area contributed by atoms with Crippen LogP contribution in [0, 0.1) is 17.0 Å². The topological polar surface area (TPSA) is 97.8 Å². The van der Waals surface area contributed by atoms with Gasteiger partial charge in [-0.15, -0.1) is 11.3 Å². The predicted molar refractivity (Wildman–Crippen MR) is 75.2 cm³/mol. The number of nitro groups is 1. The maximum absolute atomic E-state index is 10.7. The zero-order chi connectivity index (χ0) is 13.6. The molecule has 0 amide bonds. The van der Waals surface area contributed by atoms with Gasteiger partial charge in [-0.2, -0.15) is 0 Å². The molecule has 0 saturated carbocycles. The largest absolute Gasteiger partial charge is 0.375 e. The number of thiazole rings is 1. The van der Waals surface area contributed by atoms with Gasteiger partial charge in [-0.1, -0.05) is 0 Å². The molecule has 3 N–H and O–H groups in total. The maximum atomic E-state index is 10.7. The first-order valence-corrected chi connectivity index (χ1v) is 6.36. The number of hydrogen-bond donors (Lipinski definition) is 2. The van der Waals surface area contributed by atoms with E-state index in [0.717, 1.165) is 27.0 Å². The standard InChI is InChI=1S/C12H10N4O2S/c1-6-11(15-12(13)19-6)9-5-14-10-4-7(16(17)18)2-3-8(9)10/h2-5,14H,1H3,(H2,13,15). The molecule has 0 aliphatic heterocycles. The number of aromatic amines is 1. The van der Waals surface area contributed by atoms with E-state index >= 15 is 0 Å². The number of H-pyrrole nitrogens is 1. The van der Waals surface area contributed by atoms with E-state index in [1.165, 1.54) is 23.5 Å². The second kappa shape index (κ2) is 4.06. The molecule has 19 heavy (non-hydrogen) atoms. The lowest BCUT2D eigenvalue weighted by Crippen LogP contribution is -1.87. The monoisotopic (exact) mass is 274 g/mol. The summed E-state index contributed by atoms with van der Waals surface area (Å²) in [5, 5.41) is 12.2. The van der Waals surface area contributed by atoms with E-state index < -0.39 is 4.92 Å². The molecule has 0 atom stereocenters. The van der Waals surface area contributed by atoms with Crippen molar-refractivity contribution in [2.24, 2.45) is 0 Å². The third-order valence-electron chi connectivity index (χ3n) is 2.94. The van der Waals surface area contributed by atoms with Crippen LogP contribution in [0.4, 0.5) is 10.8 Å². The normalized spacial score (nSPS) is 11.0.